The summed E-state index contributed by atoms with van der Waals surface area (Å²) in [5.41, 5.74) is 1.44. The van der Waals surface area contributed by atoms with E-state index in [2.05, 4.69) is 0 Å². The third-order valence-electron chi connectivity index (χ3n) is 5.26. The molecule has 1 unspecified atom stereocenters. The Bertz CT molecular complexity index is 1320. The molecule has 1 atom stereocenters. The molecule has 0 aliphatic carbocycles. The number of esters is 1. The minimum Gasteiger partial charge on any atom is -0.507 e. The maximum atomic E-state index is 13.3. The molecule has 0 amide bonds. The number of hydrogen-bond donors (Lipinski definition) is 1. The van der Waals surface area contributed by atoms with Gasteiger partial charge in [-0.1, -0.05) is 18.2 Å². The molecule has 5 rings (SSSR count). The molecule has 0 spiro atoms. The van der Waals surface area contributed by atoms with Crippen molar-refractivity contribution in [1.82, 2.24) is 0 Å². The Morgan fingerprint density at radius 3 is 2.67 bits per heavy atom. The summed E-state index contributed by atoms with van der Waals surface area (Å²) >= 11 is 1.51. The minimum absolute atomic E-state index is 0.0709. The summed E-state index contributed by atoms with van der Waals surface area (Å²) in [7, 11) is 1.57. The SMILES string of the molecule is COc1ccc(-c2coc3c4c(cc(O)c3c2=O)OC(=O)CC4c2cccs2)cc1. The molecule has 0 bridgehead atoms. The molecule has 1 aliphatic heterocycles. The van der Waals surface area contributed by atoms with Crippen molar-refractivity contribution in [3.63, 3.8) is 0 Å². The molecule has 1 N–H and O–H groups in total. The van der Waals surface area contributed by atoms with Crippen LogP contribution < -0.4 is 14.9 Å². The lowest BCUT2D eigenvalue weighted by atomic mass is 9.89. The first kappa shape index (κ1) is 18.4. The highest BCUT2D eigenvalue weighted by molar-refractivity contribution is 7.10. The molecule has 6 nitrogen and oxygen atoms in total. The van der Waals surface area contributed by atoms with Crippen LogP contribution in [0.15, 0.2) is 63.3 Å². The van der Waals surface area contributed by atoms with E-state index >= 15 is 0 Å². The Balaban J connectivity index is 1.75. The first-order valence-corrected chi connectivity index (χ1v) is 10.1. The zero-order chi connectivity index (χ0) is 20.8. The van der Waals surface area contributed by atoms with E-state index in [1.807, 2.05) is 17.5 Å². The van der Waals surface area contributed by atoms with Gasteiger partial charge >= 0.3 is 5.97 Å². The molecule has 0 radical (unpaired) electrons. The van der Waals surface area contributed by atoms with Gasteiger partial charge in [-0.2, -0.15) is 0 Å². The van der Waals surface area contributed by atoms with Crippen molar-refractivity contribution in [2.45, 2.75) is 12.3 Å². The molecule has 150 valence electrons. The molecule has 0 saturated heterocycles. The number of ether oxygens (including phenoxy) is 2. The first-order valence-electron chi connectivity index (χ1n) is 9.26. The average molecular weight is 420 g/mol. The van der Waals surface area contributed by atoms with Crippen molar-refractivity contribution in [1.29, 1.82) is 0 Å². The molecule has 1 aliphatic rings. The van der Waals surface area contributed by atoms with E-state index in [9.17, 15) is 14.7 Å². The summed E-state index contributed by atoms with van der Waals surface area (Å²) in [5, 5.41) is 12.6. The fourth-order valence-electron chi connectivity index (χ4n) is 3.83. The summed E-state index contributed by atoms with van der Waals surface area (Å²) < 4.78 is 16.4. The van der Waals surface area contributed by atoms with Crippen LogP contribution in [0, 0.1) is 0 Å². The molecule has 3 heterocycles. The predicted molar refractivity (Wildman–Crippen MR) is 113 cm³/mol. The number of fused-ring (bicyclic) bond motifs is 3. The van der Waals surface area contributed by atoms with Crippen molar-refractivity contribution >= 4 is 28.3 Å². The molecule has 2 aromatic carbocycles. The number of phenolic OH excluding ortho intramolecular Hbond substituents is 1. The fraction of sp³-hybridized carbons (Fsp3) is 0.130. The Hall–Kier alpha value is -3.58. The molecule has 4 aromatic rings. The standard InChI is InChI=1S/C23H16O6S/c1-27-13-6-4-12(5-7-13)15-11-28-23-20-14(18-3-2-8-30-18)9-19(25)29-17(20)10-16(24)21(23)22(15)26/h2-8,10-11,14,24H,9H2,1H3. The number of methoxy groups -OCH3 is 1. The highest BCUT2D eigenvalue weighted by atomic mass is 32.1. The van der Waals surface area contributed by atoms with Gasteiger partial charge in [0.25, 0.3) is 0 Å². The Morgan fingerprint density at radius 2 is 1.97 bits per heavy atom. The topological polar surface area (TPSA) is 86.0 Å². The Labute approximate surface area is 174 Å². The molecule has 0 saturated carbocycles. The number of carbonyl (C=O) groups is 1. The second-order valence-electron chi connectivity index (χ2n) is 6.96. The maximum Gasteiger partial charge on any atom is 0.312 e. The van der Waals surface area contributed by atoms with Crippen LogP contribution in [0.5, 0.6) is 17.2 Å². The normalized spacial score (nSPS) is 15.6. The van der Waals surface area contributed by atoms with Gasteiger partial charge in [0.2, 0.25) is 5.43 Å². The molecule has 30 heavy (non-hydrogen) atoms. The van der Waals surface area contributed by atoms with Crippen LogP contribution in [0.1, 0.15) is 22.8 Å². The summed E-state index contributed by atoms with van der Waals surface area (Å²) in [5.74, 6) is -0.0971. The number of benzene rings is 2. The van der Waals surface area contributed by atoms with E-state index in [0.717, 1.165) is 4.88 Å². The highest BCUT2D eigenvalue weighted by Gasteiger charge is 2.34. The van der Waals surface area contributed by atoms with Crippen LogP contribution >= 0.6 is 11.3 Å². The van der Waals surface area contributed by atoms with Crippen molar-refractivity contribution in [2.75, 3.05) is 7.11 Å². The number of aromatic hydroxyl groups is 1. The van der Waals surface area contributed by atoms with Gasteiger partial charge < -0.3 is 19.0 Å². The predicted octanol–water partition coefficient (Wildman–Crippen LogP) is 4.68. The van der Waals surface area contributed by atoms with Crippen LogP contribution in [-0.2, 0) is 4.79 Å². The second-order valence-corrected chi connectivity index (χ2v) is 7.94. The lowest BCUT2D eigenvalue weighted by Crippen LogP contribution is -2.21. The van der Waals surface area contributed by atoms with Gasteiger partial charge in [-0.3, -0.25) is 9.59 Å². The highest BCUT2D eigenvalue weighted by Crippen LogP contribution is 2.46. The average Bonchev–Trinajstić information content (AvgIpc) is 3.28. The van der Waals surface area contributed by atoms with Crippen LogP contribution in [0.4, 0.5) is 0 Å². The van der Waals surface area contributed by atoms with Crippen LogP contribution in [0.25, 0.3) is 22.1 Å². The van der Waals surface area contributed by atoms with Crippen LogP contribution in [0.2, 0.25) is 0 Å². The molecule has 7 heteroatoms. The summed E-state index contributed by atoms with van der Waals surface area (Å²) in [6.07, 6.45) is 1.52. The van der Waals surface area contributed by atoms with E-state index in [1.54, 1.807) is 31.4 Å². The van der Waals surface area contributed by atoms with Gasteiger partial charge in [-0.15, -0.1) is 11.3 Å². The van der Waals surface area contributed by atoms with E-state index in [1.165, 1.54) is 23.7 Å². The maximum absolute atomic E-state index is 13.3. The number of phenols is 1. The van der Waals surface area contributed by atoms with E-state index < -0.39 is 5.97 Å². The largest absolute Gasteiger partial charge is 0.507 e. The zero-order valence-electron chi connectivity index (χ0n) is 15.9. The number of hydrogen-bond acceptors (Lipinski definition) is 7. The Kier molecular flexibility index (Phi) is 4.33. The zero-order valence-corrected chi connectivity index (χ0v) is 16.7. The monoisotopic (exact) mass is 420 g/mol. The van der Waals surface area contributed by atoms with Crippen molar-refractivity contribution < 1.29 is 23.8 Å². The molecular formula is C23H16O6S. The van der Waals surface area contributed by atoms with Gasteiger partial charge in [0, 0.05) is 22.4 Å². The molecular weight excluding hydrogens is 404 g/mol. The third-order valence-corrected chi connectivity index (χ3v) is 6.24. The van der Waals surface area contributed by atoms with Gasteiger partial charge in [-0.25, -0.2) is 0 Å². The Morgan fingerprint density at radius 1 is 1.17 bits per heavy atom. The number of rotatable bonds is 3. The quantitative estimate of drug-likeness (QED) is 0.383. The van der Waals surface area contributed by atoms with E-state index in [4.69, 9.17) is 13.9 Å². The van der Waals surface area contributed by atoms with E-state index in [0.29, 0.717) is 22.4 Å². The summed E-state index contributed by atoms with van der Waals surface area (Å²) in [6.45, 7) is 0. The first-order chi connectivity index (χ1) is 14.6. The van der Waals surface area contributed by atoms with Gasteiger partial charge in [0.1, 0.15) is 34.5 Å². The van der Waals surface area contributed by atoms with Gasteiger partial charge in [-0.05, 0) is 29.1 Å². The van der Waals surface area contributed by atoms with Gasteiger partial charge in [0.05, 0.1) is 19.1 Å². The lowest BCUT2D eigenvalue weighted by Gasteiger charge is -2.24. The van der Waals surface area contributed by atoms with Crippen molar-refractivity contribution in [3.8, 4) is 28.4 Å². The molecule has 0 fully saturated rings. The number of thiophene rings is 1. The minimum atomic E-state index is -0.392. The lowest BCUT2D eigenvalue weighted by molar-refractivity contribution is -0.135. The third kappa shape index (κ3) is 2.86. The van der Waals surface area contributed by atoms with Gasteiger partial charge in [0.15, 0.2) is 0 Å². The van der Waals surface area contributed by atoms with Crippen LogP contribution in [-0.4, -0.2) is 18.2 Å². The number of carbonyl (C=O) groups excluding carboxylic acids is 1. The second kappa shape index (κ2) is 7.03. The molecule has 2 aromatic heterocycles. The van der Waals surface area contributed by atoms with E-state index in [-0.39, 0.29) is 40.2 Å². The van der Waals surface area contributed by atoms with Crippen molar-refractivity contribution in [2.24, 2.45) is 0 Å². The fourth-order valence-corrected chi connectivity index (χ4v) is 4.67. The smallest absolute Gasteiger partial charge is 0.312 e. The summed E-state index contributed by atoms with van der Waals surface area (Å²) in [6, 6.07) is 12.2. The van der Waals surface area contributed by atoms with Crippen molar-refractivity contribution in [3.05, 3.63) is 74.8 Å². The van der Waals surface area contributed by atoms with Crippen LogP contribution in [0.3, 0.4) is 0 Å². The summed E-state index contributed by atoms with van der Waals surface area (Å²) in [4.78, 5) is 26.4.